The Balaban J connectivity index is 0.000000168. The first-order chi connectivity index (χ1) is 57.4. The zero-order valence-corrected chi connectivity index (χ0v) is 75.7. The van der Waals surface area contributed by atoms with E-state index in [4.69, 9.17) is 56.8 Å². The van der Waals surface area contributed by atoms with E-state index in [2.05, 4.69) is 0 Å². The summed E-state index contributed by atoms with van der Waals surface area (Å²) in [5.74, 6) is 5.02. The monoisotopic (exact) mass is 1750 g/mol. The molecule has 9 unspecified atom stereocenters. The predicted octanol–water partition coefficient (Wildman–Crippen LogP) is 22.4. The highest BCUT2D eigenvalue weighted by molar-refractivity contribution is 5.86. The molecule has 18 fully saturated rings. The SMILES string of the molecule is CCC(C)(C(=O)OCOC1C2CC3CC(C2)C(=O)C1C3)C(F)(F)F.CCC(C)(C(=O)OCOC1C2CC3CC(C2)CC1C3)C(F)(F)F.CCC(C)(C(=O)OCOCC12CC3CC(CC(C3)C1)C2)C(F)(F)F.CCC(C)(C)C(=O)OCOC1C2CC3CC(C2)CC1C3.CCC(C)(C)C(=O)OCOC1CCCCC1.CCC(C)C(=O)OCOC1CCCCC1. The van der Waals surface area contributed by atoms with E-state index in [1.807, 2.05) is 55.4 Å². The average Bonchev–Trinajstić information content (AvgIpc) is 0.762. The quantitative estimate of drug-likeness (QED) is 0.0206. The zero-order valence-electron chi connectivity index (χ0n) is 75.7. The molecule has 0 amide bonds. The number of carbonyl (C=O) groups excluding carboxylic acids is 7. The maximum atomic E-state index is 13.0. The molecule has 0 aliphatic heterocycles. The van der Waals surface area contributed by atoms with Crippen molar-refractivity contribution in [1.29, 1.82) is 0 Å². The number of rotatable bonds is 31. The van der Waals surface area contributed by atoms with Crippen molar-refractivity contribution < 1.29 is 130 Å². The first-order valence-corrected chi connectivity index (χ1v) is 46.8. The summed E-state index contributed by atoms with van der Waals surface area (Å²) >= 11 is 0. The van der Waals surface area contributed by atoms with Crippen LogP contribution < -0.4 is 0 Å². The van der Waals surface area contributed by atoms with Crippen LogP contribution >= 0.6 is 0 Å². The summed E-state index contributed by atoms with van der Waals surface area (Å²) in [6.07, 6.45) is 23.9. The van der Waals surface area contributed by atoms with Gasteiger partial charge in [-0.15, -0.1) is 0 Å². The Kier molecular flexibility index (Phi) is 36.4. The maximum Gasteiger partial charge on any atom is 0.404 e. The van der Waals surface area contributed by atoms with Crippen LogP contribution in [0.5, 0.6) is 0 Å². The second-order valence-electron chi connectivity index (χ2n) is 41.3. The van der Waals surface area contributed by atoms with Crippen molar-refractivity contribution in [2.45, 2.75) is 377 Å². The van der Waals surface area contributed by atoms with Crippen LogP contribution in [0.25, 0.3) is 0 Å². The lowest BCUT2D eigenvalue weighted by molar-refractivity contribution is -0.242. The van der Waals surface area contributed by atoms with Crippen molar-refractivity contribution >= 4 is 41.6 Å². The minimum absolute atomic E-state index is 0.0139. The highest BCUT2D eigenvalue weighted by Gasteiger charge is 2.61. The van der Waals surface area contributed by atoms with Gasteiger partial charge in [0.1, 0.15) is 5.78 Å². The molecule has 0 saturated heterocycles. The number of hydrogen-bond acceptors (Lipinski definition) is 19. The van der Waals surface area contributed by atoms with Crippen LogP contribution in [0.3, 0.4) is 0 Å². The summed E-state index contributed by atoms with van der Waals surface area (Å²) in [5.41, 5.74) is -8.07. The van der Waals surface area contributed by atoms with Gasteiger partial charge in [0.25, 0.3) is 0 Å². The van der Waals surface area contributed by atoms with Crippen LogP contribution in [-0.2, 0) is 90.4 Å². The third-order valence-electron chi connectivity index (χ3n) is 31.9. The normalized spacial score (nSPS) is 33.2. The van der Waals surface area contributed by atoms with E-state index in [9.17, 15) is 73.1 Å². The summed E-state index contributed by atoms with van der Waals surface area (Å²) in [4.78, 5) is 82.7. The molecule has 18 saturated carbocycles. The van der Waals surface area contributed by atoms with Gasteiger partial charge in [0.15, 0.2) is 57.0 Å². The Morgan fingerprint density at radius 2 is 0.656 bits per heavy atom. The lowest BCUT2D eigenvalue weighted by Crippen LogP contribution is -2.55. The van der Waals surface area contributed by atoms with E-state index in [1.165, 1.54) is 117 Å². The molecule has 702 valence electrons. The van der Waals surface area contributed by atoms with Crippen molar-refractivity contribution in [3.63, 3.8) is 0 Å². The van der Waals surface area contributed by atoms with E-state index in [-0.39, 0.29) is 112 Å². The number of ether oxygens (including phenoxy) is 12. The van der Waals surface area contributed by atoms with Crippen LogP contribution in [0.4, 0.5) is 39.5 Å². The molecule has 18 rings (SSSR count). The van der Waals surface area contributed by atoms with Crippen molar-refractivity contribution in [2.24, 2.45) is 127 Å². The molecule has 18 aliphatic rings. The molecular weight excluding hydrogens is 1600 g/mol. The van der Waals surface area contributed by atoms with Crippen molar-refractivity contribution in [2.75, 3.05) is 47.4 Å². The van der Waals surface area contributed by atoms with Crippen LogP contribution in [0.1, 0.15) is 328 Å². The fourth-order valence-corrected chi connectivity index (χ4v) is 23.1. The summed E-state index contributed by atoms with van der Waals surface area (Å²) in [6.45, 7) is 21.7. The molecule has 18 aliphatic carbocycles. The minimum Gasteiger partial charge on any atom is -0.438 e. The van der Waals surface area contributed by atoms with E-state index in [1.54, 1.807) is 0 Å². The van der Waals surface area contributed by atoms with Gasteiger partial charge in [-0.05, 0) is 323 Å². The standard InChI is InChI=1S/C18H27F3O3.C17H23F3O4.C17H25F3O3.C17H28O3.C13H24O3.C12H22O3/c1-3-16(2,18(19,20)21)15(22)24-11-23-10-17-7-12-4-13(8-17)6-14(5-12)9-17;1-3-16(2,17(18,19)20)15(22)24-8-23-14-11-5-9-4-10(7-11)13(21)12(14)6-9;1-3-16(2,17(18,19)20)15(21)23-9-22-14-12-5-10-4-11(7-12)8-13(14)6-10;1-4-17(2,3)16(18)20-10-19-15-13-6-11-5-12(8-13)9-14(15)7-11;1-4-13(2,3)12(14)16-10-15-11-8-6-5-7-9-11;1-3-10(2)12(13)15-9-14-11-7-5-4-6-8-11/h12-14H,3-11H2,1-2H3;9-12,14H,3-8H2,1-2H3;10-14H,3-9H2,1-2H3;11-15H,4-10H2,1-3H3;11H,4-10H2,1-3H3;10-11H,3-9H2,1-2H3. The number of esters is 6. The van der Waals surface area contributed by atoms with Gasteiger partial charge >= 0.3 is 54.3 Å². The first kappa shape index (κ1) is 101. The zero-order chi connectivity index (χ0) is 89.6. The molecule has 19 nitrogen and oxygen atoms in total. The van der Waals surface area contributed by atoms with Crippen LogP contribution in [0.2, 0.25) is 0 Å². The molecule has 0 aromatic heterocycles. The number of carbonyl (C=O) groups is 7. The van der Waals surface area contributed by atoms with E-state index in [0.29, 0.717) is 42.7 Å². The highest BCUT2D eigenvalue weighted by atomic mass is 19.4. The third kappa shape index (κ3) is 25.8. The van der Waals surface area contributed by atoms with Gasteiger partial charge in [-0.3, -0.25) is 33.6 Å². The van der Waals surface area contributed by atoms with Gasteiger partial charge in [-0.25, -0.2) is 0 Å². The van der Waals surface area contributed by atoms with Gasteiger partial charge in [0, 0.05) is 11.8 Å². The van der Waals surface area contributed by atoms with Gasteiger partial charge in [0.2, 0.25) is 0 Å². The summed E-state index contributed by atoms with van der Waals surface area (Å²) in [5, 5.41) is 0. The molecule has 0 spiro atoms. The second kappa shape index (κ2) is 43.8. The second-order valence-corrected chi connectivity index (χ2v) is 41.3. The topological polar surface area (TPSA) is 230 Å². The van der Waals surface area contributed by atoms with E-state index < -0.39 is 76.7 Å². The van der Waals surface area contributed by atoms with Gasteiger partial charge in [0.05, 0.1) is 53.9 Å². The summed E-state index contributed by atoms with van der Waals surface area (Å²) in [7, 11) is 0. The predicted molar refractivity (Wildman–Crippen MR) is 435 cm³/mol. The van der Waals surface area contributed by atoms with Crippen molar-refractivity contribution in [3.05, 3.63) is 0 Å². The Labute approximate surface area is 720 Å². The van der Waals surface area contributed by atoms with Crippen LogP contribution in [0, 0.1) is 127 Å². The lowest BCUT2D eigenvalue weighted by Gasteiger charge is -2.56. The number of alkyl halides is 9. The molecule has 122 heavy (non-hydrogen) atoms. The molecule has 0 N–H and O–H groups in total. The fourth-order valence-electron chi connectivity index (χ4n) is 23.1. The number of Topliss-reactive ketones (excluding diaryl/α,β-unsaturated/α-hetero) is 1. The van der Waals surface area contributed by atoms with Gasteiger partial charge < -0.3 is 56.8 Å². The first-order valence-electron chi connectivity index (χ1n) is 46.8. The Morgan fingerprint density at radius 1 is 0.352 bits per heavy atom. The number of halogens is 9. The van der Waals surface area contributed by atoms with Crippen molar-refractivity contribution in [3.8, 4) is 0 Å². The summed E-state index contributed by atoms with van der Waals surface area (Å²) in [6, 6.07) is 0. The van der Waals surface area contributed by atoms with Gasteiger partial charge in [-0.1, -0.05) is 87.0 Å². The number of ketones is 1. The highest BCUT2D eigenvalue weighted by Crippen LogP contribution is 2.61. The molecular formula is C94H149F9O19. The molecule has 28 heteroatoms. The number of hydrogen-bond donors (Lipinski definition) is 0. The Morgan fingerprint density at radius 3 is 0.992 bits per heavy atom. The third-order valence-corrected chi connectivity index (χ3v) is 31.9. The smallest absolute Gasteiger partial charge is 0.404 e. The fraction of sp³-hybridized carbons (Fsp3) is 0.926. The van der Waals surface area contributed by atoms with Gasteiger partial charge in [-0.2, -0.15) is 39.5 Å². The lowest BCUT2D eigenvalue weighted by atomic mass is 9.50. The van der Waals surface area contributed by atoms with E-state index >= 15 is 0 Å². The molecule has 0 radical (unpaired) electrons. The molecule has 0 aromatic rings. The van der Waals surface area contributed by atoms with Crippen molar-refractivity contribution in [1.82, 2.24) is 0 Å². The molecule has 0 heterocycles. The summed E-state index contributed by atoms with van der Waals surface area (Å²) < 4.78 is 181. The van der Waals surface area contributed by atoms with Crippen LogP contribution in [0.15, 0.2) is 0 Å². The van der Waals surface area contributed by atoms with Crippen LogP contribution in [-0.4, -0.2) is 138 Å². The molecule has 0 aromatic carbocycles. The Bertz CT molecular complexity index is 3260. The van der Waals surface area contributed by atoms with E-state index in [0.717, 1.165) is 190 Å². The average molecular weight is 1750 g/mol. The minimum atomic E-state index is -4.67. The largest absolute Gasteiger partial charge is 0.438 e. The molecule has 9 atom stereocenters. The molecule has 16 bridgehead atoms. The maximum absolute atomic E-state index is 13.0. The Hall–Kier alpha value is -4.38.